The number of methoxy groups -OCH3 is 1. The number of benzene rings is 1. The Hall–Kier alpha value is -2.34. The Balaban J connectivity index is 2.08. The number of carbonyl (C=O) groups excluding carboxylic acids is 2. The van der Waals surface area contributed by atoms with E-state index in [2.05, 4.69) is 5.48 Å². The van der Waals surface area contributed by atoms with E-state index in [0.717, 1.165) is 4.90 Å². The molecule has 0 spiro atoms. The van der Waals surface area contributed by atoms with Crippen molar-refractivity contribution in [2.75, 3.05) is 13.7 Å². The van der Waals surface area contributed by atoms with Crippen LogP contribution in [0, 0.1) is 0 Å². The summed E-state index contributed by atoms with van der Waals surface area (Å²) in [5, 5.41) is 0. The van der Waals surface area contributed by atoms with Crippen LogP contribution in [-0.4, -0.2) is 30.4 Å². The van der Waals surface area contributed by atoms with E-state index in [1.165, 1.54) is 7.11 Å². The van der Waals surface area contributed by atoms with Crippen molar-refractivity contribution >= 4 is 11.8 Å². The lowest BCUT2D eigenvalue weighted by molar-refractivity contribution is 0.0616. The molecule has 18 heavy (non-hydrogen) atoms. The maximum Gasteiger partial charge on any atom is 0.266 e. The number of nitrogens with zero attached hydrogens (tertiary/aromatic N) is 1. The Morgan fingerprint density at radius 1 is 1.22 bits per heavy atom. The van der Waals surface area contributed by atoms with Crippen molar-refractivity contribution in [3.8, 4) is 0 Å². The van der Waals surface area contributed by atoms with E-state index in [1.807, 2.05) is 0 Å². The predicted molar refractivity (Wildman–Crippen MR) is 60.1 cm³/mol. The number of carbonyl (C=O) groups is 2. The largest absolute Gasteiger partial charge is 0.480 e. The Kier molecular flexibility index (Phi) is 2.31. The first kappa shape index (κ1) is 10.8. The SMILES string of the molecule is COC1=C(N2C(=O)c3ccccc3C2=O)CON1. The molecule has 1 N–H and O–H groups in total. The van der Waals surface area contributed by atoms with Gasteiger partial charge in [-0.2, -0.15) is 0 Å². The first-order chi connectivity index (χ1) is 8.74. The van der Waals surface area contributed by atoms with Gasteiger partial charge in [-0.3, -0.25) is 14.4 Å². The molecule has 0 saturated heterocycles. The van der Waals surface area contributed by atoms with Crippen molar-refractivity contribution < 1.29 is 19.2 Å². The first-order valence-corrected chi connectivity index (χ1v) is 5.37. The second kappa shape index (κ2) is 3.85. The van der Waals surface area contributed by atoms with Crippen LogP contribution in [0.5, 0.6) is 0 Å². The van der Waals surface area contributed by atoms with Crippen molar-refractivity contribution in [3.63, 3.8) is 0 Å². The minimum absolute atomic E-state index is 0.106. The lowest BCUT2D eigenvalue weighted by Crippen LogP contribution is -2.30. The van der Waals surface area contributed by atoms with Gasteiger partial charge in [0.05, 0.1) is 18.2 Å². The second-order valence-corrected chi connectivity index (χ2v) is 3.86. The van der Waals surface area contributed by atoms with Crippen LogP contribution in [0.1, 0.15) is 20.7 Å². The summed E-state index contributed by atoms with van der Waals surface area (Å²) in [6, 6.07) is 6.71. The molecule has 0 atom stereocenters. The van der Waals surface area contributed by atoms with Gasteiger partial charge in [-0.15, -0.1) is 0 Å². The first-order valence-electron chi connectivity index (χ1n) is 5.37. The van der Waals surface area contributed by atoms with E-state index in [9.17, 15) is 9.59 Å². The minimum Gasteiger partial charge on any atom is -0.480 e. The standard InChI is InChI=1S/C12H10N2O4/c1-17-10-9(6-18-13-10)14-11(15)7-4-2-3-5-8(7)12(14)16/h2-5,13H,6H2,1H3. The van der Waals surface area contributed by atoms with E-state index < -0.39 is 0 Å². The van der Waals surface area contributed by atoms with Crippen LogP contribution >= 0.6 is 0 Å². The lowest BCUT2D eigenvalue weighted by Gasteiger charge is -2.14. The molecule has 0 aliphatic carbocycles. The van der Waals surface area contributed by atoms with Gasteiger partial charge in [0.15, 0.2) is 0 Å². The molecule has 0 aromatic heterocycles. The van der Waals surface area contributed by atoms with E-state index in [1.54, 1.807) is 24.3 Å². The third-order valence-electron chi connectivity index (χ3n) is 2.90. The number of rotatable bonds is 2. The van der Waals surface area contributed by atoms with Gasteiger partial charge in [-0.1, -0.05) is 12.1 Å². The number of nitrogens with one attached hydrogen (secondary N) is 1. The lowest BCUT2D eigenvalue weighted by atomic mass is 10.1. The molecule has 6 nitrogen and oxygen atoms in total. The number of hydrogen-bond acceptors (Lipinski definition) is 5. The van der Waals surface area contributed by atoms with Gasteiger partial charge in [0.2, 0.25) is 5.88 Å². The average Bonchev–Trinajstić information content (AvgIpc) is 2.95. The molecule has 2 amide bonds. The zero-order valence-corrected chi connectivity index (χ0v) is 9.60. The molecule has 92 valence electrons. The summed E-state index contributed by atoms with van der Waals surface area (Å²) in [7, 11) is 1.44. The van der Waals surface area contributed by atoms with Crippen LogP contribution in [0.4, 0.5) is 0 Å². The van der Waals surface area contributed by atoms with Gasteiger partial charge in [0.25, 0.3) is 11.8 Å². The summed E-state index contributed by atoms with van der Waals surface area (Å²) in [5.41, 5.74) is 3.71. The molecule has 6 heteroatoms. The van der Waals surface area contributed by atoms with Crippen molar-refractivity contribution in [1.29, 1.82) is 0 Å². The monoisotopic (exact) mass is 246 g/mol. The van der Waals surface area contributed by atoms with Crippen molar-refractivity contribution in [2.24, 2.45) is 0 Å². The molecule has 0 radical (unpaired) electrons. The predicted octanol–water partition coefficient (Wildman–Crippen LogP) is 0.633. The van der Waals surface area contributed by atoms with Crippen LogP contribution in [0.15, 0.2) is 35.8 Å². The zero-order chi connectivity index (χ0) is 12.7. The average molecular weight is 246 g/mol. The summed E-state index contributed by atoms with van der Waals surface area (Å²) in [6.45, 7) is 0.106. The molecule has 0 unspecified atom stereocenters. The highest BCUT2D eigenvalue weighted by molar-refractivity contribution is 6.22. The third kappa shape index (κ3) is 1.32. The Morgan fingerprint density at radius 3 is 2.39 bits per heavy atom. The highest BCUT2D eigenvalue weighted by Gasteiger charge is 2.40. The molecular formula is C12H10N2O4. The van der Waals surface area contributed by atoms with E-state index in [0.29, 0.717) is 16.8 Å². The second-order valence-electron chi connectivity index (χ2n) is 3.86. The van der Waals surface area contributed by atoms with Gasteiger partial charge in [-0.25, -0.2) is 10.4 Å². The van der Waals surface area contributed by atoms with Gasteiger partial charge in [-0.05, 0) is 12.1 Å². The van der Waals surface area contributed by atoms with Crippen LogP contribution in [0.25, 0.3) is 0 Å². The minimum atomic E-state index is -0.354. The molecule has 2 heterocycles. The van der Waals surface area contributed by atoms with E-state index >= 15 is 0 Å². The number of imide groups is 1. The van der Waals surface area contributed by atoms with Crippen molar-refractivity contribution in [1.82, 2.24) is 10.4 Å². The summed E-state index contributed by atoms with van der Waals surface area (Å²) in [4.78, 5) is 30.4. The number of hydroxylamine groups is 1. The summed E-state index contributed by atoms with van der Waals surface area (Å²) >= 11 is 0. The normalized spacial score (nSPS) is 18.2. The molecular weight excluding hydrogens is 236 g/mol. The van der Waals surface area contributed by atoms with Crippen molar-refractivity contribution in [3.05, 3.63) is 47.0 Å². The Bertz CT molecular complexity index is 544. The molecule has 1 aromatic carbocycles. The van der Waals surface area contributed by atoms with Crippen LogP contribution in [-0.2, 0) is 9.57 Å². The number of ether oxygens (including phenoxy) is 1. The van der Waals surface area contributed by atoms with Gasteiger partial charge < -0.3 is 4.74 Å². The summed E-state index contributed by atoms with van der Waals surface area (Å²) < 4.78 is 5.03. The summed E-state index contributed by atoms with van der Waals surface area (Å²) in [5.74, 6) is -0.426. The van der Waals surface area contributed by atoms with Crippen LogP contribution in [0.3, 0.4) is 0 Å². The topological polar surface area (TPSA) is 67.9 Å². The fraction of sp³-hybridized carbons (Fsp3) is 0.167. The van der Waals surface area contributed by atoms with E-state index in [4.69, 9.17) is 9.57 Å². The quantitative estimate of drug-likeness (QED) is 0.775. The Morgan fingerprint density at radius 2 is 1.83 bits per heavy atom. The number of amides is 2. The zero-order valence-electron chi connectivity index (χ0n) is 9.60. The maximum atomic E-state index is 12.2. The third-order valence-corrected chi connectivity index (χ3v) is 2.90. The van der Waals surface area contributed by atoms with Crippen LogP contribution < -0.4 is 5.48 Å². The molecule has 3 rings (SSSR count). The highest BCUT2D eigenvalue weighted by atomic mass is 16.7. The highest BCUT2D eigenvalue weighted by Crippen LogP contribution is 2.28. The maximum absolute atomic E-state index is 12.2. The van der Waals surface area contributed by atoms with Gasteiger partial charge >= 0.3 is 0 Å². The molecule has 0 bridgehead atoms. The molecule has 0 saturated carbocycles. The summed E-state index contributed by atoms with van der Waals surface area (Å²) in [6.07, 6.45) is 0. The number of hydrogen-bond donors (Lipinski definition) is 1. The molecule has 0 fully saturated rings. The van der Waals surface area contributed by atoms with Crippen LogP contribution in [0.2, 0.25) is 0 Å². The Labute approximate surface area is 103 Å². The fourth-order valence-electron chi connectivity index (χ4n) is 2.05. The fourth-order valence-corrected chi connectivity index (χ4v) is 2.05. The molecule has 2 aliphatic heterocycles. The van der Waals surface area contributed by atoms with E-state index in [-0.39, 0.29) is 24.3 Å². The molecule has 1 aromatic rings. The van der Waals surface area contributed by atoms with Gasteiger partial charge in [0.1, 0.15) is 12.3 Å². The molecule has 2 aliphatic rings. The van der Waals surface area contributed by atoms with Crippen molar-refractivity contribution in [2.45, 2.75) is 0 Å². The van der Waals surface area contributed by atoms with Gasteiger partial charge in [0, 0.05) is 0 Å². The number of fused-ring (bicyclic) bond motifs is 1. The smallest absolute Gasteiger partial charge is 0.266 e.